The molecule has 2 aliphatic heterocycles. The van der Waals surface area contributed by atoms with Crippen LogP contribution in [0.2, 0.25) is 0 Å². The van der Waals surface area contributed by atoms with E-state index in [0.29, 0.717) is 44.9 Å². The molecule has 0 aromatic heterocycles. The van der Waals surface area contributed by atoms with Crippen molar-refractivity contribution >= 4 is 37.5 Å². The van der Waals surface area contributed by atoms with E-state index in [-0.39, 0.29) is 19.3 Å². The second-order valence-electron chi connectivity index (χ2n) is 24.5. The van der Waals surface area contributed by atoms with Crippen LogP contribution in [0.15, 0.2) is 0 Å². The van der Waals surface area contributed by atoms with Crippen LogP contribution < -0.4 is 10.6 Å². The predicted octanol–water partition coefficient (Wildman–Crippen LogP) is 8.99. The maximum absolute atomic E-state index is 14.2. The van der Waals surface area contributed by atoms with Gasteiger partial charge in [0.15, 0.2) is 18.7 Å². The summed E-state index contributed by atoms with van der Waals surface area (Å²) in [7, 11) is -5.56. The minimum atomic E-state index is -5.56. The van der Waals surface area contributed by atoms with E-state index in [0.717, 1.165) is 135 Å². The molecule has 0 aromatic carbocycles. The number of amides is 2. The Bertz CT molecular complexity index is 1900. The fourth-order valence-corrected chi connectivity index (χ4v) is 11.7. The highest BCUT2D eigenvalue weighted by molar-refractivity contribution is 7.46. The lowest BCUT2D eigenvalue weighted by molar-refractivity contribution is -0.297. The Hall–Kier alpha value is -2.90. The SMILES string of the molecule is CCCCCCCCCCCC(=O)O[C@H](CCCCCCC)CC(=O)N[C@H]1[C@@H](OP(=O)(O)O)O[C@H](COC2O[C@H](CO)[C@@H](O)[C@H](O)[C@H]2NC(=O)C[C@@H](CCCCCCC)OC(=O)C[C@H](O)CCCCCCC)[C@@H](O)[C@@H]1OC(=O)C[C@H](O)CCCCCCC. The lowest BCUT2D eigenvalue weighted by atomic mass is 9.95. The first-order valence-corrected chi connectivity index (χ1v) is 35.6. The molecule has 14 atom stereocenters. The molecule has 0 bridgehead atoms. The molecule has 0 saturated carbocycles. The topological polar surface area (TPSA) is 353 Å². The third-order valence-corrected chi connectivity index (χ3v) is 16.9. The molecule has 2 aliphatic rings. The Morgan fingerprint density at radius 2 is 0.864 bits per heavy atom. The number of phosphoric acid groups is 1. The van der Waals surface area contributed by atoms with Crippen molar-refractivity contribution in [2.75, 3.05) is 13.2 Å². The van der Waals surface area contributed by atoms with Crippen LogP contribution >= 0.6 is 7.82 Å². The lowest BCUT2D eigenvalue weighted by Crippen LogP contribution is -2.67. The first-order chi connectivity index (χ1) is 42.2. The van der Waals surface area contributed by atoms with E-state index < -0.39 is 156 Å². The number of carbonyl (C=O) groups excluding carboxylic acids is 5. The van der Waals surface area contributed by atoms with Gasteiger partial charge < -0.3 is 79.5 Å². The Morgan fingerprint density at radius 1 is 0.466 bits per heavy atom. The van der Waals surface area contributed by atoms with E-state index >= 15 is 0 Å². The van der Waals surface area contributed by atoms with Crippen molar-refractivity contribution in [1.29, 1.82) is 0 Å². The number of aliphatic hydroxyl groups excluding tert-OH is 6. The number of ether oxygens (including phenoxy) is 6. The van der Waals surface area contributed by atoms with Gasteiger partial charge in [0.25, 0.3) is 0 Å². The number of esters is 3. The van der Waals surface area contributed by atoms with Gasteiger partial charge in [-0.1, -0.05) is 202 Å². The zero-order chi connectivity index (χ0) is 65.1. The Labute approximate surface area is 525 Å². The minimum Gasteiger partial charge on any atom is -0.462 e. The van der Waals surface area contributed by atoms with Gasteiger partial charge >= 0.3 is 25.7 Å². The molecular weight excluding hydrogens is 1160 g/mol. The zero-order valence-electron chi connectivity index (χ0n) is 54.2. The fourth-order valence-electron chi connectivity index (χ4n) is 11.2. The maximum Gasteiger partial charge on any atom is 0.472 e. The molecule has 2 heterocycles. The molecule has 0 spiro atoms. The van der Waals surface area contributed by atoms with Crippen LogP contribution in [0, 0.1) is 0 Å². The average Bonchev–Trinajstić information content (AvgIpc) is 1.37. The van der Waals surface area contributed by atoms with Crippen LogP contribution in [0.5, 0.6) is 0 Å². The molecule has 23 nitrogen and oxygen atoms in total. The molecule has 0 aromatic rings. The van der Waals surface area contributed by atoms with Gasteiger partial charge in [0.05, 0.1) is 51.1 Å². The van der Waals surface area contributed by atoms with Crippen LogP contribution in [0.1, 0.15) is 279 Å². The van der Waals surface area contributed by atoms with Gasteiger partial charge in [-0.25, -0.2) is 4.57 Å². The summed E-state index contributed by atoms with van der Waals surface area (Å²) < 4.78 is 53.1. The summed E-state index contributed by atoms with van der Waals surface area (Å²) in [5, 5.41) is 71.5. The van der Waals surface area contributed by atoms with Crippen LogP contribution in [0.3, 0.4) is 0 Å². The van der Waals surface area contributed by atoms with E-state index in [1.165, 1.54) is 25.7 Å². The van der Waals surface area contributed by atoms with Crippen molar-refractivity contribution in [2.45, 2.75) is 364 Å². The first-order valence-electron chi connectivity index (χ1n) is 34.0. The molecule has 0 aliphatic carbocycles. The quantitative estimate of drug-likeness (QED) is 0.0117. The van der Waals surface area contributed by atoms with Crippen LogP contribution in [0.25, 0.3) is 0 Å². The highest BCUT2D eigenvalue weighted by Gasteiger charge is 2.52. The van der Waals surface area contributed by atoms with Gasteiger partial charge in [-0.2, -0.15) is 0 Å². The predicted molar refractivity (Wildman–Crippen MR) is 331 cm³/mol. The van der Waals surface area contributed by atoms with E-state index in [2.05, 4.69) is 45.3 Å². The van der Waals surface area contributed by atoms with Gasteiger partial charge in [-0.3, -0.25) is 28.5 Å². The van der Waals surface area contributed by atoms with Crippen molar-refractivity contribution in [1.82, 2.24) is 10.6 Å². The van der Waals surface area contributed by atoms with E-state index in [4.69, 9.17) is 32.9 Å². The van der Waals surface area contributed by atoms with E-state index in [1.54, 1.807) is 0 Å². The first kappa shape index (κ1) is 81.2. The summed E-state index contributed by atoms with van der Waals surface area (Å²) >= 11 is 0. The summed E-state index contributed by atoms with van der Waals surface area (Å²) in [6.45, 7) is 8.79. The monoisotopic (exact) mass is 1280 g/mol. The van der Waals surface area contributed by atoms with Gasteiger partial charge in [0, 0.05) is 6.42 Å². The number of phosphoric ester groups is 1. The Kier molecular flexibility index (Phi) is 45.0. The molecule has 24 heteroatoms. The van der Waals surface area contributed by atoms with Gasteiger partial charge in [0.2, 0.25) is 11.8 Å². The van der Waals surface area contributed by atoms with Crippen molar-refractivity contribution in [3.8, 4) is 0 Å². The van der Waals surface area contributed by atoms with Gasteiger partial charge in [-0.15, -0.1) is 0 Å². The number of rotatable bonds is 53. The largest absolute Gasteiger partial charge is 0.472 e. The molecular formula is C64H119N2O21P. The lowest BCUT2D eigenvalue weighted by Gasteiger charge is -2.45. The smallest absolute Gasteiger partial charge is 0.462 e. The number of hydrogen-bond donors (Lipinski definition) is 10. The second-order valence-corrected chi connectivity index (χ2v) is 25.7. The summed E-state index contributed by atoms with van der Waals surface area (Å²) in [6, 6.07) is -3.47. The zero-order valence-corrected chi connectivity index (χ0v) is 55.1. The summed E-state index contributed by atoms with van der Waals surface area (Å²) in [5.41, 5.74) is 0. The van der Waals surface area contributed by atoms with Crippen LogP contribution in [-0.2, 0) is 61.5 Å². The number of unbranched alkanes of at least 4 members (excludes halogenated alkanes) is 24. The molecule has 2 amide bonds. The second kappa shape index (κ2) is 48.8. The Morgan fingerprint density at radius 3 is 1.32 bits per heavy atom. The standard InChI is InChI=1S/C64H119N2O21P/c1-6-11-16-21-22-23-24-29-34-39-54(72)82-48(37-32-27-19-14-9-4)42-53(71)66-58-62(86-56(74)41-47(69)36-31-26-18-13-8-3)60(76)51(85-64(58)87-88(78,79)80)45-81-63-57(61(77)59(75)50(44-67)84-63)65-52(70)43-49(38-33-28-20-15-10-5)83-55(73)40-46(68)35-30-25-17-12-7-2/h46-51,57-64,67-69,75-77H,6-45H2,1-5H3,(H,65,70)(H,66,71)(H2,78,79,80)/t46-,47-,48-,49-,50-,51-,57-,58-,59-,60-,61-,62-,63?,64-/m1/s1. The van der Waals surface area contributed by atoms with Gasteiger partial charge in [-0.05, 0) is 44.9 Å². The maximum atomic E-state index is 14.2. The van der Waals surface area contributed by atoms with Crippen LogP contribution in [-0.4, -0.2) is 169 Å². The number of nitrogens with one attached hydrogen (secondary N) is 2. The molecule has 10 N–H and O–H groups in total. The summed E-state index contributed by atoms with van der Waals surface area (Å²) in [6.07, 6.45) is 7.97. The summed E-state index contributed by atoms with van der Waals surface area (Å²) in [5.74, 6) is -3.86. The highest BCUT2D eigenvalue weighted by atomic mass is 31.2. The Balaban J connectivity index is 2.46. The average molecular weight is 1280 g/mol. The fraction of sp³-hybridized carbons (Fsp3) is 0.922. The van der Waals surface area contributed by atoms with Crippen molar-refractivity contribution in [2.24, 2.45) is 0 Å². The third-order valence-electron chi connectivity index (χ3n) is 16.4. The third kappa shape index (κ3) is 36.4. The molecule has 1 unspecified atom stereocenters. The minimum absolute atomic E-state index is 0.138. The van der Waals surface area contributed by atoms with Crippen molar-refractivity contribution in [3.63, 3.8) is 0 Å². The van der Waals surface area contributed by atoms with E-state index in [1.807, 2.05) is 0 Å². The number of hydrogen-bond acceptors (Lipinski definition) is 19. The number of carbonyl (C=O) groups is 5. The normalized spacial score (nSPS) is 23.6. The molecule has 0 radical (unpaired) electrons. The molecule has 88 heavy (non-hydrogen) atoms. The van der Waals surface area contributed by atoms with Gasteiger partial charge in [0.1, 0.15) is 54.8 Å². The van der Waals surface area contributed by atoms with Crippen molar-refractivity contribution in [3.05, 3.63) is 0 Å². The number of aliphatic hydroxyl groups is 6. The molecule has 516 valence electrons. The van der Waals surface area contributed by atoms with Crippen molar-refractivity contribution < 1.29 is 102 Å². The molecule has 2 saturated heterocycles. The molecule has 2 rings (SSSR count). The molecule has 2 fully saturated rings. The summed E-state index contributed by atoms with van der Waals surface area (Å²) in [4.78, 5) is 88.8. The van der Waals surface area contributed by atoms with E-state index in [9.17, 15) is 69.0 Å². The van der Waals surface area contributed by atoms with Crippen LogP contribution in [0.4, 0.5) is 0 Å². The highest BCUT2D eigenvalue weighted by Crippen LogP contribution is 2.41.